The van der Waals surface area contributed by atoms with E-state index in [0.29, 0.717) is 0 Å². The highest BCUT2D eigenvalue weighted by atomic mass is 19.1. The molecule has 0 unspecified atom stereocenters. The molecule has 0 atom stereocenters. The first-order valence-electron chi connectivity index (χ1n) is 6.71. The van der Waals surface area contributed by atoms with E-state index in [0.717, 1.165) is 37.5 Å². The van der Waals surface area contributed by atoms with Crippen LogP contribution in [0.1, 0.15) is 51.4 Å². The smallest absolute Gasteiger partial charge is 0.100 e. The van der Waals surface area contributed by atoms with Gasteiger partial charge in [0.25, 0.3) is 0 Å². The first-order chi connectivity index (χ1) is 7.36. The van der Waals surface area contributed by atoms with Gasteiger partial charge in [0, 0.05) is 0 Å². The van der Waals surface area contributed by atoms with Gasteiger partial charge in [-0.2, -0.15) is 0 Å². The Morgan fingerprint density at radius 1 is 0.733 bits per heavy atom. The Morgan fingerprint density at radius 3 is 1.87 bits per heavy atom. The molecule has 1 nitrogen and oxygen atoms in total. The second kappa shape index (κ2) is 5.83. The Bertz CT molecular complexity index is 167. The molecule has 0 bridgehead atoms. The van der Waals surface area contributed by atoms with Crippen molar-refractivity contribution in [3.05, 3.63) is 0 Å². The summed E-state index contributed by atoms with van der Waals surface area (Å²) in [6, 6.07) is 0. The SMILES string of the molecule is FC1CCCC(C2CCNCC2)CCC1. The summed E-state index contributed by atoms with van der Waals surface area (Å²) in [6.45, 7) is 2.40. The van der Waals surface area contributed by atoms with E-state index in [1.54, 1.807) is 0 Å². The molecule has 2 rings (SSSR count). The Kier molecular flexibility index (Phi) is 4.42. The molecule has 88 valence electrons. The first-order valence-corrected chi connectivity index (χ1v) is 6.71. The van der Waals surface area contributed by atoms with Crippen molar-refractivity contribution in [2.45, 2.75) is 57.5 Å². The largest absolute Gasteiger partial charge is 0.317 e. The van der Waals surface area contributed by atoms with Gasteiger partial charge in [0.15, 0.2) is 0 Å². The molecule has 0 radical (unpaired) electrons. The maximum atomic E-state index is 13.2. The summed E-state index contributed by atoms with van der Waals surface area (Å²) in [5, 5.41) is 3.43. The van der Waals surface area contributed by atoms with Gasteiger partial charge in [0.2, 0.25) is 0 Å². The minimum absolute atomic E-state index is 0.501. The summed E-state index contributed by atoms with van der Waals surface area (Å²) in [5.41, 5.74) is 0. The molecule has 15 heavy (non-hydrogen) atoms. The van der Waals surface area contributed by atoms with Crippen molar-refractivity contribution >= 4 is 0 Å². The zero-order valence-corrected chi connectivity index (χ0v) is 9.68. The van der Waals surface area contributed by atoms with E-state index >= 15 is 0 Å². The van der Waals surface area contributed by atoms with E-state index in [1.165, 1.54) is 38.8 Å². The summed E-state index contributed by atoms with van der Waals surface area (Å²) in [5.74, 6) is 1.84. The maximum absolute atomic E-state index is 13.2. The van der Waals surface area contributed by atoms with Crippen molar-refractivity contribution in [1.82, 2.24) is 5.32 Å². The average molecular weight is 213 g/mol. The van der Waals surface area contributed by atoms with E-state index < -0.39 is 6.17 Å². The molecule has 1 aliphatic heterocycles. The second-order valence-corrected chi connectivity index (χ2v) is 5.31. The third-order valence-electron chi connectivity index (χ3n) is 4.24. The predicted molar refractivity (Wildman–Crippen MR) is 61.7 cm³/mol. The highest BCUT2D eigenvalue weighted by molar-refractivity contribution is 4.78. The Hall–Kier alpha value is -0.110. The number of hydrogen-bond acceptors (Lipinski definition) is 1. The summed E-state index contributed by atoms with van der Waals surface area (Å²) in [7, 11) is 0. The van der Waals surface area contributed by atoms with Crippen LogP contribution in [0.4, 0.5) is 4.39 Å². The Balaban J connectivity index is 1.80. The van der Waals surface area contributed by atoms with Crippen LogP contribution < -0.4 is 5.32 Å². The third kappa shape index (κ3) is 3.44. The van der Waals surface area contributed by atoms with E-state index in [-0.39, 0.29) is 0 Å². The molecule has 1 saturated heterocycles. The van der Waals surface area contributed by atoms with E-state index in [9.17, 15) is 4.39 Å². The van der Waals surface area contributed by atoms with Gasteiger partial charge < -0.3 is 5.32 Å². The second-order valence-electron chi connectivity index (χ2n) is 5.31. The molecule has 1 heterocycles. The lowest BCUT2D eigenvalue weighted by Crippen LogP contribution is -2.32. The first kappa shape index (κ1) is 11.4. The standard InChI is InChI=1S/C13H24FN/c14-13-5-1-3-11(4-2-6-13)12-7-9-15-10-8-12/h11-13,15H,1-10H2. The highest BCUT2D eigenvalue weighted by Gasteiger charge is 2.24. The van der Waals surface area contributed by atoms with Crippen molar-refractivity contribution < 1.29 is 4.39 Å². The number of halogens is 1. The van der Waals surface area contributed by atoms with Crippen LogP contribution in [-0.2, 0) is 0 Å². The molecule has 0 aromatic carbocycles. The Labute approximate surface area is 92.8 Å². The molecule has 2 fully saturated rings. The minimum atomic E-state index is -0.501. The minimum Gasteiger partial charge on any atom is -0.317 e. The monoisotopic (exact) mass is 213 g/mol. The average Bonchev–Trinajstić information content (AvgIpc) is 2.24. The molecular weight excluding hydrogens is 189 g/mol. The van der Waals surface area contributed by atoms with Gasteiger partial charge in [-0.05, 0) is 50.6 Å². The van der Waals surface area contributed by atoms with Gasteiger partial charge in [-0.3, -0.25) is 0 Å². The van der Waals surface area contributed by atoms with E-state index in [2.05, 4.69) is 5.32 Å². The van der Waals surface area contributed by atoms with Gasteiger partial charge in [-0.25, -0.2) is 4.39 Å². The predicted octanol–water partition coefficient (Wildman–Crippen LogP) is 3.29. The van der Waals surface area contributed by atoms with Crippen LogP contribution in [0.5, 0.6) is 0 Å². The molecule has 0 aromatic rings. The normalized spacial score (nSPS) is 35.8. The third-order valence-corrected chi connectivity index (χ3v) is 4.24. The van der Waals surface area contributed by atoms with E-state index in [4.69, 9.17) is 0 Å². The molecule has 1 saturated carbocycles. The lowest BCUT2D eigenvalue weighted by atomic mass is 9.77. The van der Waals surface area contributed by atoms with Crippen LogP contribution >= 0.6 is 0 Å². The summed E-state index contributed by atoms with van der Waals surface area (Å²) in [6.07, 6.45) is 8.65. The number of piperidine rings is 1. The molecule has 0 aromatic heterocycles. The molecule has 1 N–H and O–H groups in total. The molecular formula is C13H24FN. The fraction of sp³-hybridized carbons (Fsp3) is 1.00. The van der Waals surface area contributed by atoms with Crippen molar-refractivity contribution in [3.8, 4) is 0 Å². The summed E-state index contributed by atoms with van der Waals surface area (Å²) in [4.78, 5) is 0. The topological polar surface area (TPSA) is 12.0 Å². The highest BCUT2D eigenvalue weighted by Crippen LogP contribution is 2.33. The van der Waals surface area contributed by atoms with Crippen molar-refractivity contribution in [2.75, 3.05) is 13.1 Å². The van der Waals surface area contributed by atoms with Gasteiger partial charge in [0.05, 0.1) is 0 Å². The van der Waals surface area contributed by atoms with Crippen molar-refractivity contribution in [3.63, 3.8) is 0 Å². The van der Waals surface area contributed by atoms with Gasteiger partial charge in [0.1, 0.15) is 6.17 Å². The number of nitrogens with one attached hydrogen (secondary N) is 1. The van der Waals surface area contributed by atoms with Crippen LogP contribution in [0, 0.1) is 11.8 Å². The zero-order valence-electron chi connectivity index (χ0n) is 9.68. The van der Waals surface area contributed by atoms with Gasteiger partial charge in [-0.1, -0.05) is 25.7 Å². The van der Waals surface area contributed by atoms with Crippen molar-refractivity contribution in [2.24, 2.45) is 11.8 Å². The number of hydrogen-bond donors (Lipinski definition) is 1. The molecule has 0 amide bonds. The fourth-order valence-electron chi connectivity index (χ4n) is 3.28. The summed E-state index contributed by atoms with van der Waals surface area (Å²) < 4.78 is 13.2. The van der Waals surface area contributed by atoms with Crippen LogP contribution in [0.3, 0.4) is 0 Å². The maximum Gasteiger partial charge on any atom is 0.100 e. The lowest BCUT2D eigenvalue weighted by Gasteiger charge is -2.32. The fourth-order valence-corrected chi connectivity index (χ4v) is 3.28. The van der Waals surface area contributed by atoms with Crippen LogP contribution in [0.15, 0.2) is 0 Å². The van der Waals surface area contributed by atoms with Crippen LogP contribution in [0.2, 0.25) is 0 Å². The molecule has 2 heteroatoms. The number of alkyl halides is 1. The molecule has 0 spiro atoms. The number of rotatable bonds is 1. The zero-order chi connectivity index (χ0) is 10.5. The molecule has 1 aliphatic carbocycles. The molecule has 2 aliphatic rings. The quantitative estimate of drug-likeness (QED) is 0.704. The van der Waals surface area contributed by atoms with E-state index in [1.807, 2.05) is 0 Å². The Morgan fingerprint density at radius 2 is 1.27 bits per heavy atom. The lowest BCUT2D eigenvalue weighted by molar-refractivity contribution is 0.185. The van der Waals surface area contributed by atoms with Gasteiger partial charge >= 0.3 is 0 Å². The summed E-state index contributed by atoms with van der Waals surface area (Å²) >= 11 is 0. The van der Waals surface area contributed by atoms with Crippen molar-refractivity contribution in [1.29, 1.82) is 0 Å². The van der Waals surface area contributed by atoms with Crippen LogP contribution in [0.25, 0.3) is 0 Å². The van der Waals surface area contributed by atoms with Gasteiger partial charge in [-0.15, -0.1) is 0 Å². The van der Waals surface area contributed by atoms with Crippen LogP contribution in [-0.4, -0.2) is 19.3 Å².